The van der Waals surface area contributed by atoms with E-state index in [2.05, 4.69) is 171 Å². The van der Waals surface area contributed by atoms with Crippen molar-refractivity contribution in [3.63, 3.8) is 0 Å². The molecule has 0 aliphatic carbocycles. The Hall–Kier alpha value is -6.18. The molecule has 0 aromatic heterocycles. The van der Waals surface area contributed by atoms with Gasteiger partial charge < -0.3 is 4.90 Å². The van der Waals surface area contributed by atoms with Crippen LogP contribution in [-0.2, 0) is 0 Å². The van der Waals surface area contributed by atoms with E-state index in [1.165, 1.54) is 27.9 Å². The normalized spacial score (nSPS) is 12.4. The largest absolute Gasteiger partial charge is 0.310 e. The molecule has 5 rings (SSSR count). The van der Waals surface area contributed by atoms with Gasteiger partial charge in [-0.2, -0.15) is 0 Å². The van der Waals surface area contributed by atoms with Gasteiger partial charge in [-0.1, -0.05) is 194 Å². The van der Waals surface area contributed by atoms with Crippen LogP contribution in [0.15, 0.2) is 200 Å². The Morgan fingerprint density at radius 1 is 0.347 bits per heavy atom. The van der Waals surface area contributed by atoms with Crippen molar-refractivity contribution in [1.29, 1.82) is 0 Å². The summed E-state index contributed by atoms with van der Waals surface area (Å²) in [6.07, 6.45) is 33.1. The van der Waals surface area contributed by atoms with Gasteiger partial charge in [0.1, 0.15) is 0 Å². The Morgan fingerprint density at radius 3 is 1.08 bits per heavy atom. The van der Waals surface area contributed by atoms with Gasteiger partial charge in [0.05, 0.1) is 0 Å². The van der Waals surface area contributed by atoms with Crippen LogP contribution >= 0.6 is 0 Å². The molecule has 0 unspecified atom stereocenters. The average Bonchev–Trinajstić information content (AvgIpc) is 3.14. The molecule has 0 bridgehead atoms. The Kier molecular flexibility index (Phi) is 13.1. The number of aryl methyl sites for hydroxylation is 2. The van der Waals surface area contributed by atoms with E-state index in [-0.39, 0.29) is 0 Å². The molecule has 0 spiro atoms. The van der Waals surface area contributed by atoms with Gasteiger partial charge in [0, 0.05) is 17.1 Å². The number of hydrogen-bond donors (Lipinski definition) is 0. The number of anilines is 3. The lowest BCUT2D eigenvalue weighted by atomic mass is 10.1. The van der Waals surface area contributed by atoms with Crippen LogP contribution in [0.5, 0.6) is 0 Å². The third-order valence-corrected chi connectivity index (χ3v) is 7.77. The van der Waals surface area contributed by atoms with Crippen molar-refractivity contribution in [2.24, 2.45) is 0 Å². The van der Waals surface area contributed by atoms with E-state index in [9.17, 15) is 0 Å². The predicted octanol–water partition coefficient (Wildman–Crippen LogP) is 13.5. The van der Waals surface area contributed by atoms with E-state index >= 15 is 0 Å². The second-order valence-corrected chi connectivity index (χ2v) is 11.6. The van der Waals surface area contributed by atoms with E-state index in [1.807, 2.05) is 72.9 Å². The molecule has 0 fully saturated rings. The molecule has 1 nitrogen and oxygen atoms in total. The van der Waals surface area contributed by atoms with Gasteiger partial charge in [0.2, 0.25) is 0 Å². The molecule has 0 aliphatic rings. The summed E-state index contributed by atoms with van der Waals surface area (Å²) in [4.78, 5) is 2.34. The van der Waals surface area contributed by atoms with Crippen LogP contribution in [0, 0.1) is 13.8 Å². The van der Waals surface area contributed by atoms with Crippen molar-refractivity contribution in [1.82, 2.24) is 0 Å². The van der Waals surface area contributed by atoms with E-state index in [4.69, 9.17) is 0 Å². The molecule has 0 heterocycles. The molecule has 0 radical (unpaired) electrons. The summed E-state index contributed by atoms with van der Waals surface area (Å²) < 4.78 is 0. The monoisotopic (exact) mass is 633 g/mol. The second kappa shape index (κ2) is 18.8. The lowest BCUT2D eigenvalue weighted by Crippen LogP contribution is -2.11. The van der Waals surface area contributed by atoms with Gasteiger partial charge in [-0.15, -0.1) is 0 Å². The number of nitrogens with zero attached hydrogens (tertiary/aromatic N) is 1. The summed E-state index contributed by atoms with van der Waals surface area (Å²) in [6, 6.07) is 44.7. The Labute approximate surface area is 292 Å². The van der Waals surface area contributed by atoms with Gasteiger partial charge in [0.25, 0.3) is 0 Å². The number of benzene rings is 5. The predicted molar refractivity (Wildman–Crippen MR) is 216 cm³/mol. The first kappa shape index (κ1) is 34.2. The van der Waals surface area contributed by atoms with Gasteiger partial charge in [0.15, 0.2) is 0 Å². The first-order chi connectivity index (χ1) is 24.2. The minimum absolute atomic E-state index is 1.12. The van der Waals surface area contributed by atoms with Crippen molar-refractivity contribution in [2.75, 3.05) is 4.90 Å². The van der Waals surface area contributed by atoms with Gasteiger partial charge in [-0.25, -0.2) is 0 Å². The van der Waals surface area contributed by atoms with Crippen LogP contribution < -0.4 is 4.90 Å². The SMILES string of the molecule is Cc1ccc(C)c(N(c2ccc(C=CC=C/C=C\C=Cc3ccccc3)cc2)c2ccc(C=CC=C/C=C\C=Cc3ccccc3)cc2)c1. The molecule has 0 amide bonds. The zero-order chi connectivity index (χ0) is 33.9. The first-order valence-corrected chi connectivity index (χ1v) is 16.7. The Morgan fingerprint density at radius 2 is 0.694 bits per heavy atom. The Bertz CT molecular complexity index is 1860. The summed E-state index contributed by atoms with van der Waals surface area (Å²) in [7, 11) is 0. The fourth-order valence-electron chi connectivity index (χ4n) is 5.16. The molecule has 1 heteroatoms. The van der Waals surface area contributed by atoms with Crippen molar-refractivity contribution in [3.8, 4) is 0 Å². The summed E-state index contributed by atoms with van der Waals surface area (Å²) in [6.45, 7) is 4.32. The maximum absolute atomic E-state index is 2.34. The number of allylic oxidation sites excluding steroid dienone is 12. The van der Waals surface area contributed by atoms with E-state index in [1.54, 1.807) is 0 Å². The number of rotatable bonds is 13. The fourth-order valence-corrected chi connectivity index (χ4v) is 5.16. The second-order valence-electron chi connectivity index (χ2n) is 11.6. The zero-order valence-electron chi connectivity index (χ0n) is 28.3. The van der Waals surface area contributed by atoms with Crippen LogP contribution in [0.2, 0.25) is 0 Å². The quantitative estimate of drug-likeness (QED) is 0.117. The highest BCUT2D eigenvalue weighted by molar-refractivity contribution is 5.79. The van der Waals surface area contributed by atoms with Gasteiger partial charge in [-0.05, 0) is 77.6 Å². The molecule has 5 aromatic carbocycles. The summed E-state index contributed by atoms with van der Waals surface area (Å²) in [5.74, 6) is 0. The topological polar surface area (TPSA) is 3.24 Å². The molecule has 0 saturated carbocycles. The lowest BCUT2D eigenvalue weighted by molar-refractivity contribution is 1.23. The maximum Gasteiger partial charge on any atom is 0.0493 e. The lowest BCUT2D eigenvalue weighted by Gasteiger charge is -2.27. The third kappa shape index (κ3) is 11.2. The van der Waals surface area contributed by atoms with Crippen molar-refractivity contribution < 1.29 is 0 Å². The first-order valence-electron chi connectivity index (χ1n) is 16.7. The molecular formula is C48H43N. The summed E-state index contributed by atoms with van der Waals surface area (Å²) in [5.41, 5.74) is 10.6. The highest BCUT2D eigenvalue weighted by Crippen LogP contribution is 2.37. The Balaban J connectivity index is 1.23. The van der Waals surface area contributed by atoms with E-state index < -0.39 is 0 Å². The summed E-state index contributed by atoms with van der Waals surface area (Å²) in [5, 5.41) is 0. The highest BCUT2D eigenvalue weighted by Gasteiger charge is 2.14. The minimum atomic E-state index is 1.12. The smallest absolute Gasteiger partial charge is 0.0493 e. The molecule has 5 aromatic rings. The van der Waals surface area contributed by atoms with E-state index in [0.717, 1.165) is 22.5 Å². The number of hydrogen-bond acceptors (Lipinski definition) is 1. The molecule has 0 N–H and O–H groups in total. The van der Waals surface area contributed by atoms with E-state index in [0.29, 0.717) is 0 Å². The summed E-state index contributed by atoms with van der Waals surface area (Å²) >= 11 is 0. The molecular weight excluding hydrogens is 591 g/mol. The highest BCUT2D eigenvalue weighted by atomic mass is 15.1. The van der Waals surface area contributed by atoms with Crippen molar-refractivity contribution in [2.45, 2.75) is 13.8 Å². The van der Waals surface area contributed by atoms with Crippen LogP contribution in [-0.4, -0.2) is 0 Å². The van der Waals surface area contributed by atoms with Crippen LogP contribution in [0.25, 0.3) is 24.3 Å². The van der Waals surface area contributed by atoms with Gasteiger partial charge >= 0.3 is 0 Å². The molecule has 240 valence electrons. The fraction of sp³-hybridized carbons (Fsp3) is 0.0417. The molecule has 49 heavy (non-hydrogen) atoms. The molecule has 0 atom stereocenters. The maximum atomic E-state index is 2.34. The minimum Gasteiger partial charge on any atom is -0.310 e. The van der Waals surface area contributed by atoms with Gasteiger partial charge in [-0.3, -0.25) is 0 Å². The zero-order valence-corrected chi connectivity index (χ0v) is 28.3. The molecule has 0 saturated heterocycles. The van der Waals surface area contributed by atoms with Crippen molar-refractivity contribution >= 4 is 41.4 Å². The van der Waals surface area contributed by atoms with Crippen molar-refractivity contribution in [3.05, 3.63) is 234 Å². The van der Waals surface area contributed by atoms with Crippen LogP contribution in [0.1, 0.15) is 33.4 Å². The average molecular weight is 634 g/mol. The third-order valence-electron chi connectivity index (χ3n) is 7.77. The van der Waals surface area contributed by atoms with Crippen LogP contribution in [0.4, 0.5) is 17.1 Å². The standard InChI is InChI=1S/C48H43N/c1-40-29-30-41(2)48(39-40)49(46-35-31-44(32-36-46)27-15-9-5-3-7-13-21-42-23-17-11-18-24-42)47-37-33-45(34-38-47)28-16-10-6-4-8-14-22-43-25-19-12-20-26-43/h3-39H,1-2H3/b7-3-,8-4-,9-5?,10-6?,21-13?,22-14?,27-15?,28-16?. The van der Waals surface area contributed by atoms with Crippen LogP contribution in [0.3, 0.4) is 0 Å². The molecule has 0 aliphatic heterocycles.